The number of benzene rings is 1. The Morgan fingerprint density at radius 1 is 1.22 bits per heavy atom. The molecule has 1 aliphatic rings. The highest BCUT2D eigenvalue weighted by atomic mass is 35.5. The van der Waals surface area contributed by atoms with Gasteiger partial charge < -0.3 is 19.8 Å². The van der Waals surface area contributed by atoms with Crippen molar-refractivity contribution in [1.29, 1.82) is 0 Å². The standard InChI is InChI=1S/C18H28ClNO3/c1-17(2)9-13(21)10-18(3,4)20(17)11-14(22)12-23-16-8-6-5-7-15(16)19/h5-8,13-14,21-22H,9-12H2,1-4H3/p+1/t14-/m0/s1. The van der Waals surface area contributed by atoms with Gasteiger partial charge in [-0.3, -0.25) is 0 Å². The molecule has 1 heterocycles. The average molecular weight is 343 g/mol. The lowest BCUT2D eigenvalue weighted by Gasteiger charge is -2.51. The molecule has 0 aromatic heterocycles. The number of nitrogens with one attached hydrogen (secondary N) is 1. The number of rotatable bonds is 5. The van der Waals surface area contributed by atoms with E-state index in [0.29, 0.717) is 17.3 Å². The molecule has 0 bridgehead atoms. The second kappa shape index (κ2) is 6.98. The van der Waals surface area contributed by atoms with E-state index in [1.807, 2.05) is 12.1 Å². The van der Waals surface area contributed by atoms with Crippen LogP contribution in [0.25, 0.3) is 0 Å². The largest absolute Gasteiger partial charge is 0.489 e. The number of hydrogen-bond donors (Lipinski definition) is 3. The van der Waals surface area contributed by atoms with Gasteiger partial charge in [-0.2, -0.15) is 0 Å². The molecule has 1 aromatic rings. The zero-order chi connectivity index (χ0) is 17.3. The van der Waals surface area contributed by atoms with E-state index in [0.717, 1.165) is 12.8 Å². The smallest absolute Gasteiger partial charge is 0.138 e. The second-order valence-electron chi connectivity index (χ2n) is 7.91. The van der Waals surface area contributed by atoms with Gasteiger partial charge in [0.05, 0.1) is 22.2 Å². The molecule has 3 N–H and O–H groups in total. The Kier molecular flexibility index (Phi) is 5.62. The maximum atomic E-state index is 10.4. The van der Waals surface area contributed by atoms with Crippen LogP contribution < -0.4 is 9.64 Å². The minimum Gasteiger partial charge on any atom is -0.489 e. The molecule has 130 valence electrons. The first-order chi connectivity index (χ1) is 10.6. The Morgan fingerprint density at radius 2 is 1.78 bits per heavy atom. The van der Waals surface area contributed by atoms with Crippen LogP contribution in [0, 0.1) is 0 Å². The predicted molar refractivity (Wildman–Crippen MR) is 92.2 cm³/mol. The second-order valence-corrected chi connectivity index (χ2v) is 8.31. The third-order valence-corrected chi connectivity index (χ3v) is 5.15. The van der Waals surface area contributed by atoms with E-state index in [1.165, 1.54) is 4.90 Å². The lowest BCUT2D eigenvalue weighted by molar-refractivity contribution is -1.00. The summed E-state index contributed by atoms with van der Waals surface area (Å²) in [4.78, 5) is 1.30. The maximum absolute atomic E-state index is 10.4. The van der Waals surface area contributed by atoms with Crippen LogP contribution in [0.3, 0.4) is 0 Å². The summed E-state index contributed by atoms with van der Waals surface area (Å²) in [6.45, 7) is 9.38. The number of hydrogen-bond acceptors (Lipinski definition) is 3. The fourth-order valence-electron chi connectivity index (χ4n) is 4.01. The quantitative estimate of drug-likeness (QED) is 0.763. The molecule has 0 amide bonds. The molecule has 23 heavy (non-hydrogen) atoms. The molecule has 1 saturated heterocycles. The number of quaternary nitrogens is 1. The van der Waals surface area contributed by atoms with E-state index >= 15 is 0 Å². The van der Waals surface area contributed by atoms with Gasteiger partial charge in [0.15, 0.2) is 0 Å². The Hall–Kier alpha value is -0.810. The van der Waals surface area contributed by atoms with Gasteiger partial charge in [0.2, 0.25) is 0 Å². The molecule has 0 spiro atoms. The van der Waals surface area contributed by atoms with Crippen molar-refractivity contribution in [2.75, 3.05) is 13.2 Å². The number of aliphatic hydroxyl groups excluding tert-OH is 2. The number of ether oxygens (including phenoxy) is 1. The van der Waals surface area contributed by atoms with Crippen molar-refractivity contribution in [1.82, 2.24) is 0 Å². The van der Waals surface area contributed by atoms with E-state index in [9.17, 15) is 10.2 Å². The molecule has 0 saturated carbocycles. The van der Waals surface area contributed by atoms with Crippen molar-refractivity contribution < 1.29 is 19.8 Å². The molecule has 4 nitrogen and oxygen atoms in total. The highest BCUT2D eigenvalue weighted by Crippen LogP contribution is 2.25. The molecule has 0 radical (unpaired) electrons. The fourth-order valence-corrected chi connectivity index (χ4v) is 4.20. The Morgan fingerprint density at radius 3 is 2.35 bits per heavy atom. The molecule has 0 unspecified atom stereocenters. The lowest BCUT2D eigenvalue weighted by atomic mass is 9.78. The molecular weight excluding hydrogens is 314 g/mol. The van der Waals surface area contributed by atoms with E-state index in [1.54, 1.807) is 12.1 Å². The van der Waals surface area contributed by atoms with Crippen LogP contribution in [0.4, 0.5) is 0 Å². The van der Waals surface area contributed by atoms with Crippen LogP contribution in [0.1, 0.15) is 40.5 Å². The van der Waals surface area contributed by atoms with Gasteiger partial charge in [-0.15, -0.1) is 0 Å². The average Bonchev–Trinajstić information content (AvgIpc) is 2.41. The fraction of sp³-hybridized carbons (Fsp3) is 0.667. The van der Waals surface area contributed by atoms with Crippen LogP contribution in [0.15, 0.2) is 24.3 Å². The number of aliphatic hydroxyl groups is 2. The predicted octanol–water partition coefficient (Wildman–Crippen LogP) is 1.68. The zero-order valence-electron chi connectivity index (χ0n) is 14.5. The van der Waals surface area contributed by atoms with Crippen LogP contribution >= 0.6 is 11.6 Å². The first-order valence-electron chi connectivity index (χ1n) is 8.22. The van der Waals surface area contributed by atoms with Crippen molar-refractivity contribution in [2.24, 2.45) is 0 Å². The molecule has 5 heteroatoms. The molecular formula is C18H29ClNO3+. The van der Waals surface area contributed by atoms with Crippen molar-refractivity contribution in [2.45, 2.75) is 63.8 Å². The monoisotopic (exact) mass is 342 g/mol. The van der Waals surface area contributed by atoms with E-state index in [2.05, 4.69) is 27.7 Å². The highest BCUT2D eigenvalue weighted by Gasteiger charge is 2.49. The number of para-hydroxylation sites is 1. The van der Waals surface area contributed by atoms with Gasteiger partial charge >= 0.3 is 0 Å². The summed E-state index contributed by atoms with van der Waals surface area (Å²) in [5.74, 6) is 0.593. The third kappa shape index (κ3) is 4.60. The number of piperidine rings is 1. The third-order valence-electron chi connectivity index (χ3n) is 4.83. The summed E-state index contributed by atoms with van der Waals surface area (Å²) in [7, 11) is 0. The summed E-state index contributed by atoms with van der Waals surface area (Å²) < 4.78 is 5.65. The minimum atomic E-state index is -0.588. The van der Waals surface area contributed by atoms with E-state index in [-0.39, 0.29) is 23.8 Å². The van der Waals surface area contributed by atoms with E-state index < -0.39 is 6.10 Å². The molecule has 0 aliphatic carbocycles. The van der Waals surface area contributed by atoms with Gasteiger partial charge in [0.25, 0.3) is 0 Å². The topological polar surface area (TPSA) is 54.1 Å². The maximum Gasteiger partial charge on any atom is 0.138 e. The van der Waals surface area contributed by atoms with Crippen LogP contribution in [-0.4, -0.2) is 46.7 Å². The Labute approximate surface area is 144 Å². The van der Waals surface area contributed by atoms with Gasteiger partial charge in [-0.25, -0.2) is 0 Å². The molecule has 2 rings (SSSR count). The Bertz CT molecular complexity index is 515. The summed E-state index contributed by atoms with van der Waals surface area (Å²) in [5, 5.41) is 21.1. The summed E-state index contributed by atoms with van der Waals surface area (Å²) in [6.07, 6.45) is 0.614. The van der Waals surface area contributed by atoms with Crippen molar-refractivity contribution in [3.05, 3.63) is 29.3 Å². The van der Waals surface area contributed by atoms with Crippen LogP contribution in [-0.2, 0) is 0 Å². The van der Waals surface area contributed by atoms with Crippen LogP contribution in [0.5, 0.6) is 5.75 Å². The van der Waals surface area contributed by atoms with Gasteiger partial charge in [-0.1, -0.05) is 23.7 Å². The van der Waals surface area contributed by atoms with Gasteiger partial charge in [0, 0.05) is 12.8 Å². The number of likely N-dealkylation sites (tertiary alicyclic amines) is 1. The normalized spacial score (nSPS) is 27.4. The van der Waals surface area contributed by atoms with Crippen molar-refractivity contribution in [3.63, 3.8) is 0 Å². The first kappa shape index (κ1) is 18.5. The minimum absolute atomic E-state index is 0.0907. The molecule has 1 aromatic carbocycles. The number of halogens is 1. The molecule has 1 atom stereocenters. The van der Waals surface area contributed by atoms with Crippen molar-refractivity contribution in [3.8, 4) is 5.75 Å². The van der Waals surface area contributed by atoms with E-state index in [4.69, 9.17) is 16.3 Å². The SMILES string of the molecule is CC1(C)CC(O)CC(C)(C)[NH+]1C[C@H](O)COc1ccccc1Cl. The van der Waals surface area contributed by atoms with Crippen LogP contribution in [0.2, 0.25) is 5.02 Å². The first-order valence-corrected chi connectivity index (χ1v) is 8.60. The van der Waals surface area contributed by atoms with Gasteiger partial charge in [-0.05, 0) is 39.8 Å². The van der Waals surface area contributed by atoms with Crippen molar-refractivity contribution >= 4 is 11.6 Å². The Balaban J connectivity index is 1.98. The zero-order valence-corrected chi connectivity index (χ0v) is 15.2. The highest BCUT2D eigenvalue weighted by molar-refractivity contribution is 6.32. The molecule has 1 fully saturated rings. The molecule has 1 aliphatic heterocycles. The lowest BCUT2D eigenvalue weighted by Crippen LogP contribution is -3.27. The van der Waals surface area contributed by atoms with Gasteiger partial charge in [0.1, 0.15) is 25.0 Å². The summed E-state index contributed by atoms with van der Waals surface area (Å²) >= 11 is 6.07. The summed E-state index contributed by atoms with van der Waals surface area (Å²) in [6, 6.07) is 7.27. The summed E-state index contributed by atoms with van der Waals surface area (Å²) in [5.41, 5.74) is -0.181.